The van der Waals surface area contributed by atoms with Crippen molar-refractivity contribution in [3.05, 3.63) is 61.1 Å². The second-order valence-corrected chi connectivity index (χ2v) is 7.56. The Morgan fingerprint density at radius 1 is 1.12 bits per heavy atom. The summed E-state index contributed by atoms with van der Waals surface area (Å²) in [5.74, 6) is -0.588. The van der Waals surface area contributed by atoms with Crippen molar-refractivity contribution in [1.82, 2.24) is 5.43 Å². The van der Waals surface area contributed by atoms with E-state index in [1.807, 2.05) is 25.1 Å². The van der Waals surface area contributed by atoms with E-state index in [2.05, 4.69) is 38.4 Å². The molecular formula is C18H16Cl2IN3O2. The zero-order valence-electron chi connectivity index (χ0n) is 13.9. The van der Waals surface area contributed by atoms with Crippen molar-refractivity contribution in [2.24, 2.45) is 5.10 Å². The predicted octanol–water partition coefficient (Wildman–Crippen LogP) is 4.78. The van der Waals surface area contributed by atoms with E-state index in [0.29, 0.717) is 15.6 Å². The van der Waals surface area contributed by atoms with Gasteiger partial charge in [-0.05, 0) is 65.4 Å². The van der Waals surface area contributed by atoms with Gasteiger partial charge in [0.1, 0.15) is 0 Å². The summed E-state index contributed by atoms with van der Waals surface area (Å²) in [4.78, 5) is 23.7. The van der Waals surface area contributed by atoms with Gasteiger partial charge in [-0.25, -0.2) is 5.43 Å². The normalized spacial score (nSPS) is 10.8. The largest absolute Gasteiger partial charge is 0.326 e. The molecule has 0 saturated carbocycles. The number of rotatable bonds is 6. The third-order valence-electron chi connectivity index (χ3n) is 3.40. The van der Waals surface area contributed by atoms with Crippen LogP contribution < -0.4 is 10.7 Å². The van der Waals surface area contributed by atoms with Gasteiger partial charge in [0.2, 0.25) is 11.8 Å². The lowest BCUT2D eigenvalue weighted by Gasteiger charge is -2.08. The van der Waals surface area contributed by atoms with E-state index in [1.165, 1.54) is 6.21 Å². The van der Waals surface area contributed by atoms with Gasteiger partial charge in [-0.15, -0.1) is 0 Å². The van der Waals surface area contributed by atoms with Gasteiger partial charge >= 0.3 is 0 Å². The lowest BCUT2D eigenvalue weighted by Crippen LogP contribution is -2.20. The number of nitrogens with one attached hydrogen (secondary N) is 2. The average Bonchev–Trinajstić information content (AvgIpc) is 2.57. The third-order valence-corrected chi connectivity index (χ3v) is 4.63. The molecule has 0 aliphatic carbocycles. The molecule has 2 rings (SSSR count). The molecule has 26 heavy (non-hydrogen) atoms. The Labute approximate surface area is 175 Å². The fourth-order valence-electron chi connectivity index (χ4n) is 2.04. The van der Waals surface area contributed by atoms with Gasteiger partial charge in [0.25, 0.3) is 0 Å². The number of amides is 2. The van der Waals surface area contributed by atoms with Crippen molar-refractivity contribution < 1.29 is 9.59 Å². The van der Waals surface area contributed by atoms with Gasteiger partial charge in [0.05, 0.1) is 11.2 Å². The lowest BCUT2D eigenvalue weighted by atomic mass is 10.2. The first-order valence-electron chi connectivity index (χ1n) is 7.68. The monoisotopic (exact) mass is 503 g/mol. The van der Waals surface area contributed by atoms with Crippen LogP contribution in [0, 0.1) is 10.5 Å². The first kappa shape index (κ1) is 20.7. The summed E-state index contributed by atoms with van der Waals surface area (Å²) in [7, 11) is 0. The van der Waals surface area contributed by atoms with E-state index in [4.69, 9.17) is 23.2 Å². The van der Waals surface area contributed by atoms with Crippen molar-refractivity contribution >= 4 is 69.5 Å². The van der Waals surface area contributed by atoms with Crippen LogP contribution in [0.5, 0.6) is 0 Å². The van der Waals surface area contributed by atoms with E-state index in [0.717, 1.165) is 14.8 Å². The van der Waals surface area contributed by atoms with Crippen LogP contribution >= 0.6 is 45.8 Å². The molecular weight excluding hydrogens is 488 g/mol. The Morgan fingerprint density at radius 2 is 1.85 bits per heavy atom. The number of hydrogen-bond donors (Lipinski definition) is 2. The van der Waals surface area contributed by atoms with Crippen LogP contribution in [0.2, 0.25) is 10.0 Å². The van der Waals surface area contributed by atoms with Crippen LogP contribution in [-0.2, 0) is 9.59 Å². The Balaban J connectivity index is 1.79. The molecule has 2 N–H and O–H groups in total. The van der Waals surface area contributed by atoms with E-state index in [-0.39, 0.29) is 24.7 Å². The molecule has 2 amide bonds. The third kappa shape index (κ3) is 6.59. The molecule has 8 heteroatoms. The molecule has 0 bridgehead atoms. The van der Waals surface area contributed by atoms with Crippen LogP contribution in [0.3, 0.4) is 0 Å². The average molecular weight is 504 g/mol. The molecule has 0 aliphatic heterocycles. The van der Waals surface area contributed by atoms with Crippen molar-refractivity contribution in [2.45, 2.75) is 19.8 Å². The van der Waals surface area contributed by atoms with Crippen molar-refractivity contribution in [3.8, 4) is 0 Å². The summed E-state index contributed by atoms with van der Waals surface area (Å²) in [6.07, 6.45) is 1.51. The first-order valence-corrected chi connectivity index (χ1v) is 9.51. The maximum absolute atomic E-state index is 12.0. The van der Waals surface area contributed by atoms with Gasteiger partial charge in [0, 0.05) is 32.7 Å². The summed E-state index contributed by atoms with van der Waals surface area (Å²) in [6.45, 7) is 1.92. The molecule has 0 spiro atoms. The van der Waals surface area contributed by atoms with E-state index in [9.17, 15) is 9.59 Å². The molecule has 0 unspecified atom stereocenters. The maximum atomic E-state index is 12.0. The second-order valence-electron chi connectivity index (χ2n) is 5.47. The number of hydrazone groups is 1. The molecule has 0 radical (unpaired) electrons. The van der Waals surface area contributed by atoms with Crippen LogP contribution in [0.1, 0.15) is 24.0 Å². The Hall–Kier alpha value is -1.64. The van der Waals surface area contributed by atoms with Crippen molar-refractivity contribution in [2.75, 3.05) is 5.32 Å². The summed E-state index contributed by atoms with van der Waals surface area (Å²) in [6, 6.07) is 10.7. The van der Waals surface area contributed by atoms with Gasteiger partial charge < -0.3 is 5.32 Å². The highest BCUT2D eigenvalue weighted by atomic mass is 127. The number of benzene rings is 2. The smallest absolute Gasteiger partial charge is 0.240 e. The Kier molecular flexibility index (Phi) is 7.86. The van der Waals surface area contributed by atoms with Crippen molar-refractivity contribution in [1.29, 1.82) is 0 Å². The minimum atomic E-state index is -0.360. The lowest BCUT2D eigenvalue weighted by molar-refractivity contribution is -0.124. The number of hydrogen-bond acceptors (Lipinski definition) is 3. The zero-order valence-corrected chi connectivity index (χ0v) is 17.5. The molecule has 2 aromatic carbocycles. The van der Waals surface area contributed by atoms with E-state index < -0.39 is 0 Å². The fraction of sp³-hybridized carbons (Fsp3) is 0.167. The number of halogens is 3. The summed E-state index contributed by atoms with van der Waals surface area (Å²) in [5.41, 5.74) is 4.71. The first-order chi connectivity index (χ1) is 12.3. The summed E-state index contributed by atoms with van der Waals surface area (Å²) >= 11 is 14.0. The minimum absolute atomic E-state index is 0.0287. The number of aryl methyl sites for hydroxylation is 1. The molecule has 2 aromatic rings. The van der Waals surface area contributed by atoms with E-state index in [1.54, 1.807) is 18.2 Å². The molecule has 0 aromatic heterocycles. The van der Waals surface area contributed by atoms with Gasteiger partial charge in [0.15, 0.2) is 0 Å². The summed E-state index contributed by atoms with van der Waals surface area (Å²) < 4.78 is 1.09. The van der Waals surface area contributed by atoms with Crippen molar-refractivity contribution in [3.63, 3.8) is 0 Å². The second kappa shape index (κ2) is 9.89. The highest BCUT2D eigenvalue weighted by Gasteiger charge is 2.08. The van der Waals surface area contributed by atoms with Gasteiger partial charge in [-0.3, -0.25) is 9.59 Å². The Morgan fingerprint density at radius 3 is 2.54 bits per heavy atom. The van der Waals surface area contributed by atoms with Crippen LogP contribution in [-0.4, -0.2) is 18.0 Å². The number of carbonyl (C=O) groups excluding carboxylic acids is 2. The van der Waals surface area contributed by atoms with Crippen LogP contribution in [0.25, 0.3) is 0 Å². The fourth-order valence-corrected chi connectivity index (χ4v) is 3.15. The molecule has 5 nitrogen and oxygen atoms in total. The maximum Gasteiger partial charge on any atom is 0.240 e. The standard InChI is InChI=1S/C18H16Cl2IN3O2/c1-11-8-14(21)4-5-16(11)23-17(25)6-7-18(26)24-22-10-12-2-3-13(19)9-15(12)20/h2-5,8-10H,6-7H2,1H3,(H,23,25)(H,24,26)/b22-10-. The van der Waals surface area contributed by atoms with Crippen LogP contribution in [0.15, 0.2) is 41.5 Å². The summed E-state index contributed by atoms with van der Waals surface area (Å²) in [5, 5.41) is 7.58. The van der Waals surface area contributed by atoms with Crippen LogP contribution in [0.4, 0.5) is 5.69 Å². The SMILES string of the molecule is Cc1cc(I)ccc1NC(=O)CCC(=O)N/N=C\c1ccc(Cl)cc1Cl. The van der Waals surface area contributed by atoms with E-state index >= 15 is 0 Å². The van der Waals surface area contributed by atoms with Gasteiger partial charge in [-0.2, -0.15) is 5.10 Å². The minimum Gasteiger partial charge on any atom is -0.326 e. The predicted molar refractivity (Wildman–Crippen MR) is 114 cm³/mol. The highest BCUT2D eigenvalue weighted by molar-refractivity contribution is 14.1. The van der Waals surface area contributed by atoms with Gasteiger partial charge in [-0.1, -0.05) is 29.3 Å². The molecule has 0 aliphatic rings. The number of anilines is 1. The molecule has 0 fully saturated rings. The molecule has 0 saturated heterocycles. The molecule has 0 atom stereocenters. The number of carbonyl (C=O) groups is 2. The topological polar surface area (TPSA) is 70.6 Å². The quantitative estimate of drug-likeness (QED) is 0.338. The Bertz CT molecular complexity index is 856. The molecule has 136 valence electrons. The zero-order chi connectivity index (χ0) is 19.1. The molecule has 0 heterocycles. The number of nitrogens with zero attached hydrogens (tertiary/aromatic N) is 1. The highest BCUT2D eigenvalue weighted by Crippen LogP contribution is 2.19.